The molecule has 4 aliphatic carbocycles. The molecule has 4 aliphatic rings. The van der Waals surface area contributed by atoms with Gasteiger partial charge in [-0.25, -0.2) is 0 Å². The highest BCUT2D eigenvalue weighted by Gasteiger charge is 2.59. The van der Waals surface area contributed by atoms with Crippen molar-refractivity contribution >= 4 is 5.91 Å². The Labute approximate surface area is 184 Å². The van der Waals surface area contributed by atoms with Gasteiger partial charge in [0.1, 0.15) is 0 Å². The van der Waals surface area contributed by atoms with Gasteiger partial charge in [-0.3, -0.25) is 4.79 Å². The first kappa shape index (κ1) is 22.4. The fourth-order valence-electron chi connectivity index (χ4n) is 8.56. The van der Waals surface area contributed by atoms with E-state index in [4.69, 9.17) is 0 Å². The Hall–Kier alpha value is -0.830. The van der Waals surface area contributed by atoms with Gasteiger partial charge in [0.15, 0.2) is 0 Å². The molecule has 0 bridgehead atoms. The predicted octanol–water partition coefficient (Wildman–Crippen LogP) is 5.82. The molecule has 0 radical (unpaired) electrons. The van der Waals surface area contributed by atoms with Gasteiger partial charge in [-0.1, -0.05) is 32.4 Å². The molecule has 8 atom stereocenters. The van der Waals surface area contributed by atoms with Gasteiger partial charge in [-0.2, -0.15) is 0 Å². The van der Waals surface area contributed by atoms with Crippen LogP contribution in [0.25, 0.3) is 0 Å². The third-order valence-electron chi connectivity index (χ3n) is 10.5. The number of aliphatic hydroxyl groups is 1. The molecule has 0 saturated heterocycles. The molecule has 30 heavy (non-hydrogen) atoms. The van der Waals surface area contributed by atoms with Crippen LogP contribution in [0.1, 0.15) is 91.9 Å². The topological polar surface area (TPSA) is 40.5 Å². The molecule has 3 heteroatoms. The standard InChI is InChI=1S/C27H45NO2/c1-18(7-12-24(29)28(5)6)21-10-11-22-20-9-8-19-17-25(2,30)15-16-26(19,3)23(20)13-14-27(21,22)4/h8,18,20-23,30H,7,9-17H2,1-6H3/t18-,20+,21-,22+,23+,25+,26+,27-/m1/s1. The number of nitrogens with zero attached hydrogens (tertiary/aromatic N) is 1. The van der Waals surface area contributed by atoms with Crippen LogP contribution >= 0.6 is 0 Å². The zero-order chi connectivity index (χ0) is 21.9. The molecule has 0 unspecified atom stereocenters. The van der Waals surface area contributed by atoms with Crippen LogP contribution in [-0.4, -0.2) is 35.6 Å². The maximum Gasteiger partial charge on any atom is 0.222 e. The van der Waals surface area contributed by atoms with Crippen molar-refractivity contribution in [3.63, 3.8) is 0 Å². The lowest BCUT2D eigenvalue weighted by molar-refractivity contribution is -0.129. The fraction of sp³-hybridized carbons (Fsp3) is 0.889. The number of carbonyl (C=O) groups is 1. The van der Waals surface area contributed by atoms with E-state index in [1.807, 2.05) is 21.0 Å². The SMILES string of the molecule is C[C@H](CCC(=O)N(C)C)[C@H]1CC[C@H]2[C@@H]3CC=C4C[C@@](C)(O)CC[C@]4(C)[C@H]3CC[C@]12C. The van der Waals surface area contributed by atoms with E-state index in [1.165, 1.54) is 32.1 Å². The quantitative estimate of drug-likeness (QED) is 0.588. The highest BCUT2D eigenvalue weighted by Crippen LogP contribution is 2.67. The lowest BCUT2D eigenvalue weighted by Gasteiger charge is -2.59. The fourth-order valence-corrected chi connectivity index (χ4v) is 8.56. The summed E-state index contributed by atoms with van der Waals surface area (Å²) in [6.07, 6.45) is 13.9. The van der Waals surface area contributed by atoms with Crippen molar-refractivity contribution in [1.82, 2.24) is 4.90 Å². The van der Waals surface area contributed by atoms with Crippen molar-refractivity contribution in [2.75, 3.05) is 14.1 Å². The number of allylic oxidation sites excluding steroid dienone is 1. The van der Waals surface area contributed by atoms with Gasteiger partial charge in [-0.05, 0) is 105 Å². The first-order valence-electron chi connectivity index (χ1n) is 12.6. The second-order valence-corrected chi connectivity index (χ2v) is 12.5. The maximum atomic E-state index is 12.1. The summed E-state index contributed by atoms with van der Waals surface area (Å²) in [5, 5.41) is 10.7. The number of hydrogen-bond acceptors (Lipinski definition) is 2. The van der Waals surface area contributed by atoms with Crippen LogP contribution in [0.15, 0.2) is 11.6 Å². The maximum absolute atomic E-state index is 12.1. The van der Waals surface area contributed by atoms with Gasteiger partial charge in [0.25, 0.3) is 0 Å². The zero-order valence-electron chi connectivity index (χ0n) is 20.3. The highest BCUT2D eigenvalue weighted by atomic mass is 16.3. The van der Waals surface area contributed by atoms with E-state index in [0.29, 0.717) is 23.2 Å². The minimum atomic E-state index is -0.501. The molecule has 3 nitrogen and oxygen atoms in total. The lowest BCUT2D eigenvalue weighted by atomic mass is 9.46. The van der Waals surface area contributed by atoms with E-state index in [2.05, 4.69) is 26.8 Å². The van der Waals surface area contributed by atoms with E-state index in [0.717, 1.165) is 49.4 Å². The Bertz CT molecular complexity index is 710. The van der Waals surface area contributed by atoms with Gasteiger partial charge in [-0.15, -0.1) is 0 Å². The molecule has 0 aromatic heterocycles. The summed E-state index contributed by atoms with van der Waals surface area (Å²) < 4.78 is 0. The average molecular weight is 416 g/mol. The molecule has 1 amide bonds. The van der Waals surface area contributed by atoms with Gasteiger partial charge in [0, 0.05) is 20.5 Å². The molecular weight excluding hydrogens is 370 g/mol. The van der Waals surface area contributed by atoms with Gasteiger partial charge < -0.3 is 10.0 Å². The van der Waals surface area contributed by atoms with Crippen LogP contribution in [0.2, 0.25) is 0 Å². The molecule has 0 aliphatic heterocycles. The second-order valence-electron chi connectivity index (χ2n) is 12.5. The molecule has 3 fully saturated rings. The normalized spacial score (nSPS) is 46.3. The molecule has 0 heterocycles. The molecule has 170 valence electrons. The summed E-state index contributed by atoms with van der Waals surface area (Å²) in [4.78, 5) is 13.9. The van der Waals surface area contributed by atoms with Crippen LogP contribution in [0, 0.1) is 40.4 Å². The summed E-state index contributed by atoms with van der Waals surface area (Å²) in [6.45, 7) is 9.57. The van der Waals surface area contributed by atoms with E-state index >= 15 is 0 Å². The molecule has 1 N–H and O–H groups in total. The van der Waals surface area contributed by atoms with Crippen LogP contribution < -0.4 is 0 Å². The Morgan fingerprint density at radius 3 is 2.57 bits per heavy atom. The van der Waals surface area contributed by atoms with Crippen LogP contribution in [-0.2, 0) is 4.79 Å². The molecule has 0 aromatic carbocycles. The van der Waals surface area contributed by atoms with Crippen LogP contribution in [0.4, 0.5) is 0 Å². The molecule has 3 saturated carbocycles. The first-order valence-corrected chi connectivity index (χ1v) is 12.6. The number of carbonyl (C=O) groups excluding carboxylic acids is 1. The number of fused-ring (bicyclic) bond motifs is 5. The number of rotatable bonds is 4. The molecule has 0 aromatic rings. The second kappa shape index (κ2) is 7.64. The van der Waals surface area contributed by atoms with Gasteiger partial charge in [0.05, 0.1) is 5.60 Å². The smallest absolute Gasteiger partial charge is 0.222 e. The predicted molar refractivity (Wildman–Crippen MR) is 123 cm³/mol. The van der Waals surface area contributed by atoms with E-state index < -0.39 is 5.60 Å². The lowest BCUT2D eigenvalue weighted by Crippen LogP contribution is -2.52. The van der Waals surface area contributed by atoms with Crippen molar-refractivity contribution < 1.29 is 9.90 Å². The molecular formula is C27H45NO2. The number of hydrogen-bond donors (Lipinski definition) is 1. The first-order chi connectivity index (χ1) is 14.0. The van der Waals surface area contributed by atoms with E-state index in [-0.39, 0.29) is 5.91 Å². The highest BCUT2D eigenvalue weighted by molar-refractivity contribution is 5.75. The average Bonchev–Trinajstić information content (AvgIpc) is 3.03. The van der Waals surface area contributed by atoms with Crippen molar-refractivity contribution in [1.29, 1.82) is 0 Å². The van der Waals surface area contributed by atoms with Crippen LogP contribution in [0.5, 0.6) is 0 Å². The van der Waals surface area contributed by atoms with E-state index in [9.17, 15) is 9.90 Å². The summed E-state index contributed by atoms with van der Waals surface area (Å²) in [6, 6.07) is 0. The summed E-state index contributed by atoms with van der Waals surface area (Å²) >= 11 is 0. The molecule has 4 rings (SSSR count). The minimum absolute atomic E-state index is 0.274. The van der Waals surface area contributed by atoms with Gasteiger partial charge in [0.2, 0.25) is 5.91 Å². The van der Waals surface area contributed by atoms with Crippen molar-refractivity contribution in [3.8, 4) is 0 Å². The summed E-state index contributed by atoms with van der Waals surface area (Å²) in [7, 11) is 3.74. The monoisotopic (exact) mass is 415 g/mol. The zero-order valence-corrected chi connectivity index (χ0v) is 20.3. The summed E-state index contributed by atoms with van der Waals surface area (Å²) in [5.74, 6) is 4.14. The van der Waals surface area contributed by atoms with Crippen molar-refractivity contribution in [2.45, 2.75) is 97.5 Å². The Kier molecular flexibility index (Phi) is 5.70. The van der Waals surface area contributed by atoms with Crippen LogP contribution in [0.3, 0.4) is 0 Å². The number of amides is 1. The Morgan fingerprint density at radius 1 is 1.13 bits per heavy atom. The van der Waals surface area contributed by atoms with E-state index in [1.54, 1.807) is 10.5 Å². The third-order valence-corrected chi connectivity index (χ3v) is 10.5. The minimum Gasteiger partial charge on any atom is -0.390 e. The van der Waals surface area contributed by atoms with Crippen molar-refractivity contribution in [2.24, 2.45) is 40.4 Å². The van der Waals surface area contributed by atoms with Crippen molar-refractivity contribution in [3.05, 3.63) is 11.6 Å². The third kappa shape index (κ3) is 3.57. The largest absolute Gasteiger partial charge is 0.390 e. The van der Waals surface area contributed by atoms with Gasteiger partial charge >= 0.3 is 0 Å². The molecule has 0 spiro atoms. The Morgan fingerprint density at radius 2 is 1.87 bits per heavy atom. The Balaban J connectivity index is 1.50. The summed E-state index contributed by atoms with van der Waals surface area (Å²) in [5.41, 5.74) is 1.82.